The van der Waals surface area contributed by atoms with Gasteiger partial charge in [0.1, 0.15) is 0 Å². The van der Waals surface area contributed by atoms with Gasteiger partial charge in [-0.25, -0.2) is 26.2 Å². The lowest BCUT2D eigenvalue weighted by atomic mass is 9.90. The van der Waals surface area contributed by atoms with Gasteiger partial charge >= 0.3 is 12.4 Å². The topological polar surface area (TPSA) is 161 Å². The van der Waals surface area contributed by atoms with Crippen LogP contribution in [-0.4, -0.2) is 64.9 Å². The predicted molar refractivity (Wildman–Crippen MR) is 150 cm³/mol. The van der Waals surface area contributed by atoms with Crippen LogP contribution in [0.5, 0.6) is 11.8 Å². The first kappa shape index (κ1) is 34.5. The maximum Gasteiger partial charge on any atom is 0.417 e. The maximum absolute atomic E-state index is 14.3. The number of carbonyl (C=O) groups is 1. The zero-order chi connectivity index (χ0) is 35.1. The van der Waals surface area contributed by atoms with Crippen molar-refractivity contribution >= 4 is 25.5 Å². The van der Waals surface area contributed by atoms with Crippen LogP contribution in [0.4, 0.5) is 26.3 Å². The fraction of sp³-hybridized carbons (Fsp3) is 0.296. The Balaban J connectivity index is 2.26. The second-order valence-corrected chi connectivity index (χ2v) is 14.3. The second-order valence-electron chi connectivity index (χ2n) is 10.4. The minimum absolute atomic E-state index is 0.281. The van der Waals surface area contributed by atoms with Crippen molar-refractivity contribution in [3.63, 3.8) is 0 Å². The second kappa shape index (κ2) is 10.9. The van der Waals surface area contributed by atoms with Gasteiger partial charge in [-0.2, -0.15) is 36.5 Å². The van der Waals surface area contributed by atoms with E-state index in [1.54, 1.807) is 0 Å². The Morgan fingerprint density at radius 2 is 0.957 bits per heavy atom. The highest BCUT2D eigenvalue weighted by atomic mass is 32.2. The van der Waals surface area contributed by atoms with Crippen molar-refractivity contribution in [3.05, 3.63) is 57.9 Å². The van der Waals surface area contributed by atoms with Crippen LogP contribution < -0.4 is 0 Å². The summed E-state index contributed by atoms with van der Waals surface area (Å²) in [4.78, 5) is 11.6. The summed E-state index contributed by atoms with van der Waals surface area (Å²) in [6.07, 6.45) is -9.61. The number of benzene rings is 2. The molecular weight excluding hydrogens is 670 g/mol. The van der Waals surface area contributed by atoms with Crippen LogP contribution >= 0.6 is 0 Å². The molecule has 4 rings (SSSR count). The first-order chi connectivity index (χ1) is 20.8. The van der Waals surface area contributed by atoms with Gasteiger partial charge in [0, 0.05) is 48.9 Å². The molecule has 4 aromatic rings. The molecular formula is C27H24F6N4O7S2. The molecule has 11 nitrogen and oxygen atoms in total. The third kappa shape index (κ3) is 5.72. The first-order valence-corrected chi connectivity index (χ1v) is 16.5. The summed E-state index contributed by atoms with van der Waals surface area (Å²) in [5, 5.41) is 28.8. The van der Waals surface area contributed by atoms with Crippen molar-refractivity contribution in [2.45, 2.75) is 36.0 Å². The molecule has 248 valence electrons. The summed E-state index contributed by atoms with van der Waals surface area (Å²) in [7, 11) is -7.46. The highest BCUT2D eigenvalue weighted by Gasteiger charge is 2.43. The number of aromatic hydroxyl groups is 2. The van der Waals surface area contributed by atoms with Gasteiger partial charge in [0.05, 0.1) is 43.4 Å². The fourth-order valence-electron chi connectivity index (χ4n) is 5.28. The van der Waals surface area contributed by atoms with Crippen LogP contribution in [-0.2, 0) is 46.1 Å². The van der Waals surface area contributed by atoms with Crippen molar-refractivity contribution in [1.29, 1.82) is 0 Å². The van der Waals surface area contributed by atoms with Crippen molar-refractivity contribution in [3.8, 4) is 34.0 Å². The molecule has 0 saturated heterocycles. The Hall–Kier alpha value is -4.39. The average Bonchev–Trinajstić information content (AvgIpc) is 3.29. The maximum atomic E-state index is 14.3. The Morgan fingerprint density at radius 1 is 0.652 bits per heavy atom. The van der Waals surface area contributed by atoms with E-state index >= 15 is 0 Å². The molecule has 0 radical (unpaired) electrons. The van der Waals surface area contributed by atoms with E-state index in [9.17, 15) is 58.2 Å². The van der Waals surface area contributed by atoms with Gasteiger partial charge in [0.25, 0.3) is 0 Å². The van der Waals surface area contributed by atoms with Crippen LogP contribution in [0.2, 0.25) is 0 Å². The van der Waals surface area contributed by atoms with E-state index in [4.69, 9.17) is 0 Å². The number of sulfone groups is 2. The number of hydrogen-bond donors (Lipinski definition) is 2. The van der Waals surface area contributed by atoms with E-state index in [0.29, 0.717) is 36.8 Å². The van der Waals surface area contributed by atoms with E-state index in [-0.39, 0.29) is 11.4 Å². The standard InChI is InChI=1S/C27H24F6N4O7S2/c1-11-17(24(39)36(3)34-11)19-15(26(28,29)30)9-7-13(22(19)45(5,41)42)21(38)14-8-10-16(27(31,32)33)20(23(14)46(6,43)44)18-12(2)35-37(4)25(18)40/h7-10,39-40H,1-6H3. The van der Waals surface area contributed by atoms with Crippen LogP contribution in [0, 0.1) is 13.8 Å². The van der Waals surface area contributed by atoms with Crippen molar-refractivity contribution in [1.82, 2.24) is 19.6 Å². The van der Waals surface area contributed by atoms with E-state index < -0.39 is 104 Å². The van der Waals surface area contributed by atoms with Gasteiger partial charge in [-0.3, -0.25) is 4.79 Å². The number of aryl methyl sites for hydroxylation is 4. The van der Waals surface area contributed by atoms with Crippen molar-refractivity contribution in [2.24, 2.45) is 14.1 Å². The molecule has 0 aliphatic carbocycles. The molecule has 0 aliphatic rings. The zero-order valence-corrected chi connectivity index (χ0v) is 26.3. The number of ketones is 1. The van der Waals surface area contributed by atoms with Crippen LogP contribution in [0.25, 0.3) is 22.3 Å². The first-order valence-electron chi connectivity index (χ1n) is 12.7. The Bertz CT molecular complexity index is 2010. The van der Waals surface area contributed by atoms with Gasteiger partial charge in [-0.1, -0.05) is 0 Å². The number of carbonyl (C=O) groups excluding carboxylic acids is 1. The Morgan fingerprint density at radius 3 is 1.17 bits per heavy atom. The Kier molecular flexibility index (Phi) is 8.14. The van der Waals surface area contributed by atoms with E-state index in [0.717, 1.165) is 37.3 Å². The molecule has 0 saturated carbocycles. The summed E-state index contributed by atoms with van der Waals surface area (Å²) in [6, 6.07) is 1.55. The summed E-state index contributed by atoms with van der Waals surface area (Å²) in [5.74, 6) is -3.41. The lowest BCUT2D eigenvalue weighted by Crippen LogP contribution is -2.19. The van der Waals surface area contributed by atoms with E-state index in [2.05, 4.69) is 10.2 Å². The highest BCUT2D eigenvalue weighted by molar-refractivity contribution is 7.91. The molecule has 0 spiro atoms. The lowest BCUT2D eigenvalue weighted by Gasteiger charge is -2.21. The van der Waals surface area contributed by atoms with Crippen molar-refractivity contribution in [2.75, 3.05) is 12.5 Å². The number of hydrogen-bond acceptors (Lipinski definition) is 9. The number of alkyl halides is 6. The summed E-state index contributed by atoms with van der Waals surface area (Å²) < 4.78 is 140. The third-order valence-electron chi connectivity index (χ3n) is 7.04. The smallest absolute Gasteiger partial charge is 0.417 e. The molecule has 2 aromatic carbocycles. The van der Waals surface area contributed by atoms with Crippen molar-refractivity contribution < 1.29 is 58.2 Å². The third-order valence-corrected chi connectivity index (χ3v) is 9.37. The van der Waals surface area contributed by atoms with E-state index in [1.165, 1.54) is 0 Å². The summed E-state index contributed by atoms with van der Waals surface area (Å²) in [5.41, 5.74) is -9.66. The quantitative estimate of drug-likeness (QED) is 0.217. The molecule has 0 fully saturated rings. The Labute approximate surface area is 257 Å². The van der Waals surface area contributed by atoms with Gasteiger partial charge in [-0.15, -0.1) is 0 Å². The number of aromatic nitrogens is 4. The number of nitrogens with zero attached hydrogens (tertiary/aromatic N) is 4. The van der Waals surface area contributed by atoms with Gasteiger partial charge < -0.3 is 10.2 Å². The van der Waals surface area contributed by atoms with E-state index in [1.807, 2.05) is 0 Å². The minimum Gasteiger partial charge on any atom is -0.493 e. The molecule has 0 bridgehead atoms. The minimum atomic E-state index is -5.26. The predicted octanol–water partition coefficient (Wildman–Crippen LogP) is 4.59. The molecule has 0 unspecified atom stereocenters. The van der Waals surface area contributed by atoms with Gasteiger partial charge in [-0.05, 0) is 38.1 Å². The molecule has 19 heteroatoms. The average molecular weight is 695 g/mol. The molecule has 2 heterocycles. The van der Waals surface area contributed by atoms with Crippen LogP contribution in [0.15, 0.2) is 34.1 Å². The number of rotatable bonds is 6. The highest BCUT2D eigenvalue weighted by Crippen LogP contribution is 2.49. The number of halogens is 6. The largest absolute Gasteiger partial charge is 0.493 e. The normalized spacial score (nSPS) is 13.0. The fourth-order valence-corrected chi connectivity index (χ4v) is 7.57. The molecule has 46 heavy (non-hydrogen) atoms. The molecule has 2 N–H and O–H groups in total. The van der Waals surface area contributed by atoms with Crippen LogP contribution in [0.3, 0.4) is 0 Å². The molecule has 0 amide bonds. The summed E-state index contributed by atoms with van der Waals surface area (Å²) in [6.45, 7) is 2.31. The molecule has 0 aliphatic heterocycles. The molecule has 2 aromatic heterocycles. The molecule has 0 atom stereocenters. The lowest BCUT2D eigenvalue weighted by molar-refractivity contribution is -0.138. The summed E-state index contributed by atoms with van der Waals surface area (Å²) >= 11 is 0. The SMILES string of the molecule is Cc1nn(C)c(O)c1-c1c(C(F)(F)F)ccc(C(=O)c2ccc(C(F)(F)F)c(-c3c(C)nn(C)c3O)c2S(C)(=O)=O)c1S(C)(=O)=O. The van der Waals surface area contributed by atoms with Crippen LogP contribution in [0.1, 0.15) is 38.4 Å². The zero-order valence-electron chi connectivity index (χ0n) is 24.6. The van der Waals surface area contributed by atoms with Gasteiger partial charge in [0.15, 0.2) is 25.5 Å². The monoisotopic (exact) mass is 694 g/mol. The van der Waals surface area contributed by atoms with Gasteiger partial charge in [0.2, 0.25) is 11.8 Å².